The third kappa shape index (κ3) is 3.18. The summed E-state index contributed by atoms with van der Waals surface area (Å²) in [5.74, 6) is -1.00. The zero-order valence-corrected chi connectivity index (χ0v) is 11.5. The minimum Gasteiger partial charge on any atom is -0.508 e. The molecule has 1 aliphatic heterocycles. The van der Waals surface area contributed by atoms with Crippen LogP contribution in [-0.4, -0.2) is 59.2 Å². The molecule has 5 nitrogen and oxygen atoms in total. The maximum atomic E-state index is 11.5. The van der Waals surface area contributed by atoms with E-state index in [-0.39, 0.29) is 5.75 Å². The van der Waals surface area contributed by atoms with Gasteiger partial charge in [0.1, 0.15) is 11.8 Å². The van der Waals surface area contributed by atoms with Gasteiger partial charge in [-0.05, 0) is 25.2 Å². The average molecular weight is 285 g/mol. The van der Waals surface area contributed by atoms with Gasteiger partial charge in [-0.3, -0.25) is 9.69 Å². The Balaban J connectivity index is 2.30. The quantitative estimate of drug-likeness (QED) is 0.879. The molecule has 0 radical (unpaired) electrons. The van der Waals surface area contributed by atoms with E-state index >= 15 is 0 Å². The van der Waals surface area contributed by atoms with Crippen molar-refractivity contribution in [2.45, 2.75) is 6.04 Å². The number of benzene rings is 1. The van der Waals surface area contributed by atoms with E-state index in [1.165, 1.54) is 12.1 Å². The Kier molecular flexibility index (Phi) is 4.29. The SMILES string of the molecule is CN1CCN(C(C(=O)O)c2cc(Cl)ccc2O)CC1. The molecule has 1 aliphatic rings. The Labute approximate surface area is 117 Å². The number of aliphatic carboxylic acids is 1. The first-order chi connectivity index (χ1) is 8.99. The molecule has 1 aromatic carbocycles. The number of aromatic hydroxyl groups is 1. The highest BCUT2D eigenvalue weighted by atomic mass is 35.5. The van der Waals surface area contributed by atoms with E-state index in [4.69, 9.17) is 11.6 Å². The smallest absolute Gasteiger partial charge is 0.325 e. The monoisotopic (exact) mass is 284 g/mol. The van der Waals surface area contributed by atoms with Gasteiger partial charge in [0.25, 0.3) is 0 Å². The lowest BCUT2D eigenvalue weighted by molar-refractivity contribution is -0.144. The third-order valence-corrected chi connectivity index (χ3v) is 3.66. The summed E-state index contributed by atoms with van der Waals surface area (Å²) in [6, 6.07) is 3.65. The van der Waals surface area contributed by atoms with Crippen molar-refractivity contribution in [3.63, 3.8) is 0 Å². The lowest BCUT2D eigenvalue weighted by Crippen LogP contribution is -2.47. The number of nitrogens with zero attached hydrogens (tertiary/aromatic N) is 2. The van der Waals surface area contributed by atoms with Crippen LogP contribution in [0.2, 0.25) is 5.02 Å². The van der Waals surface area contributed by atoms with Gasteiger partial charge in [-0.1, -0.05) is 11.6 Å². The second-order valence-electron chi connectivity index (χ2n) is 4.78. The van der Waals surface area contributed by atoms with Crippen LogP contribution in [0.25, 0.3) is 0 Å². The summed E-state index contributed by atoms with van der Waals surface area (Å²) in [6.45, 7) is 2.93. The summed E-state index contributed by atoms with van der Waals surface area (Å²) in [6.07, 6.45) is 0. The van der Waals surface area contributed by atoms with Gasteiger partial charge in [0.05, 0.1) is 0 Å². The van der Waals surface area contributed by atoms with Crippen molar-refractivity contribution in [3.8, 4) is 5.75 Å². The molecule has 1 unspecified atom stereocenters. The first-order valence-electron chi connectivity index (χ1n) is 6.13. The van der Waals surface area contributed by atoms with Crippen LogP contribution in [0.1, 0.15) is 11.6 Å². The van der Waals surface area contributed by atoms with Gasteiger partial charge in [0.15, 0.2) is 0 Å². The molecule has 104 valence electrons. The van der Waals surface area contributed by atoms with Crippen LogP contribution in [0.3, 0.4) is 0 Å². The maximum Gasteiger partial charge on any atom is 0.325 e. The number of carboxylic acids is 1. The van der Waals surface area contributed by atoms with Crippen LogP contribution in [0.4, 0.5) is 0 Å². The second-order valence-corrected chi connectivity index (χ2v) is 5.22. The van der Waals surface area contributed by atoms with Crippen LogP contribution >= 0.6 is 11.6 Å². The molecule has 1 heterocycles. The van der Waals surface area contributed by atoms with Crippen molar-refractivity contribution in [2.75, 3.05) is 33.2 Å². The van der Waals surface area contributed by atoms with E-state index in [1.54, 1.807) is 6.07 Å². The van der Waals surface area contributed by atoms with Crippen molar-refractivity contribution in [1.82, 2.24) is 9.80 Å². The Morgan fingerprint density at radius 1 is 1.32 bits per heavy atom. The van der Waals surface area contributed by atoms with Gasteiger partial charge in [-0.15, -0.1) is 0 Å². The minimum atomic E-state index is -0.970. The van der Waals surface area contributed by atoms with Gasteiger partial charge in [0, 0.05) is 36.8 Å². The van der Waals surface area contributed by atoms with Crippen LogP contribution in [0.5, 0.6) is 5.75 Å². The number of carbonyl (C=O) groups is 1. The van der Waals surface area contributed by atoms with E-state index in [1.807, 2.05) is 11.9 Å². The van der Waals surface area contributed by atoms with E-state index in [2.05, 4.69) is 4.90 Å². The van der Waals surface area contributed by atoms with Crippen LogP contribution in [-0.2, 0) is 4.79 Å². The number of halogens is 1. The number of hydrogen-bond acceptors (Lipinski definition) is 4. The lowest BCUT2D eigenvalue weighted by Gasteiger charge is -2.36. The van der Waals surface area contributed by atoms with E-state index in [0.717, 1.165) is 13.1 Å². The van der Waals surface area contributed by atoms with Crippen LogP contribution in [0.15, 0.2) is 18.2 Å². The topological polar surface area (TPSA) is 64.0 Å². The van der Waals surface area contributed by atoms with Crippen LogP contribution < -0.4 is 0 Å². The molecule has 1 aromatic rings. The fraction of sp³-hybridized carbons (Fsp3) is 0.462. The molecular formula is C13H17ClN2O3. The van der Waals surface area contributed by atoms with Crippen molar-refractivity contribution in [1.29, 1.82) is 0 Å². The normalized spacial score (nSPS) is 19.3. The van der Waals surface area contributed by atoms with E-state index < -0.39 is 12.0 Å². The van der Waals surface area contributed by atoms with Crippen molar-refractivity contribution in [3.05, 3.63) is 28.8 Å². The third-order valence-electron chi connectivity index (χ3n) is 3.42. The predicted molar refractivity (Wildman–Crippen MR) is 72.6 cm³/mol. The molecule has 0 spiro atoms. The molecule has 19 heavy (non-hydrogen) atoms. The molecular weight excluding hydrogens is 268 g/mol. The predicted octanol–water partition coefficient (Wildman–Crippen LogP) is 1.42. The molecule has 6 heteroatoms. The molecule has 1 atom stereocenters. The van der Waals surface area contributed by atoms with Gasteiger partial charge >= 0.3 is 5.97 Å². The molecule has 0 aliphatic carbocycles. The Morgan fingerprint density at radius 2 is 1.95 bits per heavy atom. The first-order valence-corrected chi connectivity index (χ1v) is 6.50. The molecule has 2 N–H and O–H groups in total. The molecule has 1 fully saturated rings. The number of carboxylic acid groups (broad SMARTS) is 1. The largest absolute Gasteiger partial charge is 0.508 e. The fourth-order valence-corrected chi connectivity index (χ4v) is 2.49. The van der Waals surface area contributed by atoms with Gasteiger partial charge < -0.3 is 15.1 Å². The first kappa shape index (κ1) is 14.1. The molecule has 2 rings (SSSR count). The summed E-state index contributed by atoms with van der Waals surface area (Å²) in [5.41, 5.74) is 0.351. The number of likely N-dealkylation sites (N-methyl/N-ethyl adjacent to an activating group) is 1. The van der Waals surface area contributed by atoms with Gasteiger partial charge in [-0.2, -0.15) is 0 Å². The summed E-state index contributed by atoms with van der Waals surface area (Å²) >= 11 is 5.90. The fourth-order valence-electron chi connectivity index (χ4n) is 2.31. The van der Waals surface area contributed by atoms with E-state index in [9.17, 15) is 15.0 Å². The van der Waals surface area contributed by atoms with Crippen molar-refractivity contribution >= 4 is 17.6 Å². The summed E-state index contributed by atoms with van der Waals surface area (Å²) in [7, 11) is 2.00. The number of phenolic OH excluding ortho intramolecular Hbond substituents is 1. The number of rotatable bonds is 3. The summed E-state index contributed by atoms with van der Waals surface area (Å²) < 4.78 is 0. The summed E-state index contributed by atoms with van der Waals surface area (Å²) in [4.78, 5) is 15.5. The van der Waals surface area contributed by atoms with Crippen molar-refractivity contribution < 1.29 is 15.0 Å². The highest BCUT2D eigenvalue weighted by Crippen LogP contribution is 2.31. The average Bonchev–Trinajstić information content (AvgIpc) is 2.36. The Hall–Kier alpha value is -1.30. The highest BCUT2D eigenvalue weighted by Gasteiger charge is 2.31. The molecule has 0 saturated carbocycles. The van der Waals surface area contributed by atoms with Crippen molar-refractivity contribution in [2.24, 2.45) is 0 Å². The second kappa shape index (κ2) is 5.77. The maximum absolute atomic E-state index is 11.5. The molecule has 0 bridgehead atoms. The molecule has 0 aromatic heterocycles. The molecule has 0 amide bonds. The van der Waals surface area contributed by atoms with Gasteiger partial charge in [-0.25, -0.2) is 0 Å². The number of hydrogen-bond donors (Lipinski definition) is 2. The summed E-state index contributed by atoms with van der Waals surface area (Å²) in [5, 5.41) is 19.8. The Morgan fingerprint density at radius 3 is 2.53 bits per heavy atom. The number of piperazine rings is 1. The highest BCUT2D eigenvalue weighted by molar-refractivity contribution is 6.30. The zero-order chi connectivity index (χ0) is 14.0. The van der Waals surface area contributed by atoms with Gasteiger partial charge in [0.2, 0.25) is 0 Å². The molecule has 1 saturated heterocycles. The van der Waals surface area contributed by atoms with Crippen LogP contribution in [0, 0.1) is 0 Å². The standard InChI is InChI=1S/C13H17ClN2O3/c1-15-4-6-16(7-5-15)12(13(18)19)10-8-9(14)2-3-11(10)17/h2-3,8,12,17H,4-7H2,1H3,(H,18,19). The lowest BCUT2D eigenvalue weighted by atomic mass is 10.0. The Bertz CT molecular complexity index is 473. The number of phenols is 1. The minimum absolute atomic E-state index is 0.0317. The van der Waals surface area contributed by atoms with E-state index in [0.29, 0.717) is 23.7 Å². The zero-order valence-electron chi connectivity index (χ0n) is 10.7.